The lowest BCUT2D eigenvalue weighted by Crippen LogP contribution is -2.52. The van der Waals surface area contributed by atoms with E-state index in [9.17, 15) is 9.59 Å². The Morgan fingerprint density at radius 3 is 2.54 bits per heavy atom. The number of piperidine rings is 1. The third-order valence-corrected chi connectivity index (χ3v) is 4.80. The molecular weight excluding hydrogens is 348 g/mol. The largest absolute Gasteiger partial charge is 0.392 e. The summed E-state index contributed by atoms with van der Waals surface area (Å²) in [7, 11) is 0. The summed E-state index contributed by atoms with van der Waals surface area (Å²) in [6.07, 6.45) is 3.79. The van der Waals surface area contributed by atoms with Gasteiger partial charge in [0, 0.05) is 11.5 Å². The molecule has 1 rings (SSSR count). The van der Waals surface area contributed by atoms with E-state index >= 15 is 0 Å². The van der Waals surface area contributed by atoms with E-state index in [2.05, 4.69) is 5.16 Å². The molecule has 1 heterocycles. The minimum atomic E-state index is -0.819. The Hall–Kier alpha value is -1.27. The number of rotatable bonds is 8. The van der Waals surface area contributed by atoms with E-state index in [0.717, 1.165) is 12.8 Å². The second-order valence-corrected chi connectivity index (χ2v) is 6.53. The van der Waals surface area contributed by atoms with Gasteiger partial charge in [-0.15, -0.1) is 0 Å². The van der Waals surface area contributed by atoms with Crippen molar-refractivity contribution in [2.24, 2.45) is 17.0 Å². The predicted octanol–water partition coefficient (Wildman–Crippen LogP) is 3.36. The lowest BCUT2D eigenvalue weighted by atomic mass is 9.87. The summed E-state index contributed by atoms with van der Waals surface area (Å²) in [6, 6.07) is 0. The smallest absolute Gasteiger partial charge is 0.168 e. The second-order valence-electron chi connectivity index (χ2n) is 5.86. The zero-order valence-electron chi connectivity index (χ0n) is 14.5. The molecule has 1 aliphatic heterocycles. The van der Waals surface area contributed by atoms with Gasteiger partial charge in [-0.1, -0.05) is 56.2 Å². The van der Waals surface area contributed by atoms with Crippen molar-refractivity contribution in [1.29, 1.82) is 0 Å². The highest BCUT2D eigenvalue weighted by molar-refractivity contribution is 7.80. The van der Waals surface area contributed by atoms with Crippen LogP contribution in [0.25, 0.3) is 0 Å². The highest BCUT2D eigenvalue weighted by Crippen LogP contribution is 2.19. The van der Waals surface area contributed by atoms with Crippen LogP contribution in [0.2, 0.25) is 0 Å². The van der Waals surface area contributed by atoms with Crippen molar-refractivity contribution in [2.45, 2.75) is 40.0 Å². The number of thiocarbonyl (C=S) groups is 1. The molecule has 0 saturated carbocycles. The van der Waals surface area contributed by atoms with Gasteiger partial charge < -0.3 is 9.74 Å². The summed E-state index contributed by atoms with van der Waals surface area (Å²) in [4.78, 5) is 32.6. The van der Waals surface area contributed by atoms with Crippen molar-refractivity contribution in [3.8, 4) is 0 Å². The molecule has 1 fully saturated rings. The normalized spacial score (nSPS) is 18.3. The molecule has 7 heteroatoms. The quantitative estimate of drug-likeness (QED) is 0.215. The number of likely N-dealkylation sites (tertiary alicyclic amines) is 1. The van der Waals surface area contributed by atoms with Gasteiger partial charge in [-0.05, 0) is 18.9 Å². The van der Waals surface area contributed by atoms with Crippen molar-refractivity contribution in [3.63, 3.8) is 0 Å². The molecule has 0 N–H and O–H groups in total. The molecule has 0 aromatic rings. The van der Waals surface area contributed by atoms with Gasteiger partial charge in [-0.25, -0.2) is 0 Å². The molecule has 0 amide bonds. The van der Waals surface area contributed by atoms with Crippen molar-refractivity contribution in [3.05, 3.63) is 11.6 Å². The van der Waals surface area contributed by atoms with E-state index in [0.29, 0.717) is 17.1 Å². The van der Waals surface area contributed by atoms with E-state index in [1.807, 2.05) is 20.8 Å². The molecule has 0 bridgehead atoms. The van der Waals surface area contributed by atoms with Crippen molar-refractivity contribution >= 4 is 46.1 Å². The summed E-state index contributed by atoms with van der Waals surface area (Å²) in [5, 5.41) is 4.01. The van der Waals surface area contributed by atoms with Crippen LogP contribution >= 0.6 is 23.8 Å². The molecule has 134 valence electrons. The summed E-state index contributed by atoms with van der Waals surface area (Å²) >= 11 is 10.8. The summed E-state index contributed by atoms with van der Waals surface area (Å²) in [5.74, 6) is -0.978. The number of halogens is 1. The fourth-order valence-corrected chi connectivity index (χ4v) is 2.87. The van der Waals surface area contributed by atoms with Crippen LogP contribution in [0.4, 0.5) is 0 Å². The Labute approximate surface area is 154 Å². The van der Waals surface area contributed by atoms with Gasteiger partial charge in [-0.2, -0.15) is 0 Å². The average Bonchev–Trinajstić information content (AvgIpc) is 2.56. The number of carbonyl (C=O) groups is 2. The van der Waals surface area contributed by atoms with Crippen LogP contribution in [0.3, 0.4) is 0 Å². The first-order chi connectivity index (χ1) is 11.5. The number of hydrogen-bond acceptors (Lipinski definition) is 5. The number of carbonyl (C=O) groups excluding carboxylic acids is 2. The van der Waals surface area contributed by atoms with E-state index < -0.39 is 5.92 Å². The molecule has 24 heavy (non-hydrogen) atoms. The molecular formula is C17H25ClN2O3S. The fraction of sp³-hybridized carbons (Fsp3) is 0.647. The monoisotopic (exact) mass is 372 g/mol. The Morgan fingerprint density at radius 1 is 1.42 bits per heavy atom. The van der Waals surface area contributed by atoms with Crippen LogP contribution in [0, 0.1) is 11.8 Å². The lowest BCUT2D eigenvalue weighted by Gasteiger charge is -2.33. The molecule has 0 aromatic carbocycles. The van der Waals surface area contributed by atoms with Gasteiger partial charge in [-0.3, -0.25) is 9.59 Å². The molecule has 0 radical (unpaired) electrons. The van der Waals surface area contributed by atoms with Crippen molar-refractivity contribution in [2.75, 3.05) is 19.7 Å². The average molecular weight is 373 g/mol. The fourth-order valence-electron chi connectivity index (χ4n) is 2.51. The van der Waals surface area contributed by atoms with Crippen molar-refractivity contribution < 1.29 is 14.4 Å². The van der Waals surface area contributed by atoms with Crippen LogP contribution in [0.15, 0.2) is 16.8 Å². The van der Waals surface area contributed by atoms with Gasteiger partial charge in [0.15, 0.2) is 11.6 Å². The molecule has 1 atom stereocenters. The zero-order chi connectivity index (χ0) is 18.1. The number of oxime groups is 1. The van der Waals surface area contributed by atoms with Gasteiger partial charge in [0.05, 0.1) is 23.8 Å². The minimum Gasteiger partial charge on any atom is -0.392 e. The SMILES string of the molecule is CCC/C(=N\OC/C=C/Cl)C1C(=O)CN(C(=S)C(C)CC)CC1=O. The van der Waals surface area contributed by atoms with Gasteiger partial charge >= 0.3 is 0 Å². The van der Waals surface area contributed by atoms with E-state index in [-0.39, 0.29) is 37.2 Å². The molecule has 0 aromatic heterocycles. The van der Waals surface area contributed by atoms with Gasteiger partial charge in [0.25, 0.3) is 0 Å². The molecule has 0 aliphatic carbocycles. The molecule has 5 nitrogen and oxygen atoms in total. The van der Waals surface area contributed by atoms with Crippen molar-refractivity contribution in [1.82, 2.24) is 4.90 Å². The molecule has 1 aliphatic rings. The number of ketones is 2. The topological polar surface area (TPSA) is 59.0 Å². The predicted molar refractivity (Wildman–Crippen MR) is 100 cm³/mol. The maximum absolute atomic E-state index is 12.5. The lowest BCUT2D eigenvalue weighted by molar-refractivity contribution is -0.134. The minimum absolute atomic E-state index is 0.157. The summed E-state index contributed by atoms with van der Waals surface area (Å²) < 4.78 is 0. The summed E-state index contributed by atoms with van der Waals surface area (Å²) in [5.41, 5.74) is 1.82. The third-order valence-electron chi connectivity index (χ3n) is 3.96. The van der Waals surface area contributed by atoms with Crippen LogP contribution in [0.5, 0.6) is 0 Å². The molecule has 1 saturated heterocycles. The summed E-state index contributed by atoms with van der Waals surface area (Å²) in [6.45, 7) is 6.53. The van der Waals surface area contributed by atoms with Crippen LogP contribution in [0.1, 0.15) is 40.0 Å². The van der Waals surface area contributed by atoms with E-state index in [1.54, 1.807) is 11.0 Å². The first kappa shape index (κ1) is 20.8. The van der Waals surface area contributed by atoms with Crippen LogP contribution in [-0.2, 0) is 14.4 Å². The Morgan fingerprint density at radius 2 is 2.04 bits per heavy atom. The maximum atomic E-state index is 12.5. The Kier molecular flexibility index (Phi) is 9.14. The molecule has 1 unspecified atom stereocenters. The van der Waals surface area contributed by atoms with Crippen LogP contribution < -0.4 is 0 Å². The highest BCUT2D eigenvalue weighted by Gasteiger charge is 2.39. The standard InChI is InChI=1S/C17H25ClN2O3S/c1-4-7-13(19-23-9-6-8-18)16-14(21)10-20(11-15(16)22)17(24)12(3)5-2/h6,8,12,16H,4-5,7,9-11H2,1-3H3/b8-6+,19-13+. The second kappa shape index (κ2) is 10.6. The third kappa shape index (κ3) is 5.67. The van der Waals surface area contributed by atoms with E-state index in [4.69, 9.17) is 28.7 Å². The van der Waals surface area contributed by atoms with Gasteiger partial charge in [0.2, 0.25) is 0 Å². The molecule has 0 spiro atoms. The number of Topliss-reactive ketones (excluding diaryl/α,β-unsaturated/α-hetero) is 2. The van der Waals surface area contributed by atoms with Crippen LogP contribution in [-0.4, -0.2) is 46.9 Å². The highest BCUT2D eigenvalue weighted by atomic mass is 35.5. The number of hydrogen-bond donors (Lipinski definition) is 0. The van der Waals surface area contributed by atoms with E-state index in [1.165, 1.54) is 5.54 Å². The maximum Gasteiger partial charge on any atom is 0.168 e. The first-order valence-corrected chi connectivity index (χ1v) is 9.08. The number of nitrogens with zero attached hydrogens (tertiary/aromatic N) is 2. The Bertz CT molecular complexity index is 516. The zero-order valence-corrected chi connectivity index (χ0v) is 16.0. The Balaban J connectivity index is 2.86. The first-order valence-electron chi connectivity index (χ1n) is 8.24. The van der Waals surface area contributed by atoms with Gasteiger partial charge in [0.1, 0.15) is 12.5 Å².